The smallest absolute Gasteiger partial charge is 0.419 e. The minimum atomic E-state index is -4.56. The molecule has 0 N–H and O–H groups in total. The van der Waals surface area contributed by atoms with E-state index in [-0.39, 0.29) is 30.4 Å². The van der Waals surface area contributed by atoms with Crippen molar-refractivity contribution in [2.24, 2.45) is 0 Å². The highest BCUT2D eigenvalue weighted by molar-refractivity contribution is 6.03. The highest BCUT2D eigenvalue weighted by atomic mass is 19.4. The highest BCUT2D eigenvalue weighted by Crippen LogP contribution is 2.42. The molecule has 46 heavy (non-hydrogen) atoms. The summed E-state index contributed by atoms with van der Waals surface area (Å²) in [6.45, 7) is 6.53. The lowest BCUT2D eigenvalue weighted by atomic mass is 9.97. The first-order valence-electron chi connectivity index (χ1n) is 15.0. The zero-order valence-corrected chi connectivity index (χ0v) is 25.8. The Hall–Kier alpha value is -4.94. The Kier molecular flexibility index (Phi) is 8.17. The minimum Gasteiger partial charge on any atom is -0.492 e. The summed E-state index contributed by atoms with van der Waals surface area (Å²) in [6.07, 6.45) is -0.314. The second-order valence-electron chi connectivity index (χ2n) is 10.8. The molecule has 0 amide bonds. The number of fused-ring (bicyclic) bond motifs is 2. The standard InChI is InChI=1S/C33H32F4N6O3/c1-5-19-9-8-10-20(6-2)27(19)43-28(23-15-25(34)30(45-4)29-22(23)11-14-42(29)32(44)46-7-3)24-18-41(13-12-26(24)40-43)31-38-16-21(17-39-31)33(35,36)37/h8-11,14-17H,5-7,12-13,18H2,1-4H3. The van der Waals surface area contributed by atoms with E-state index in [1.54, 1.807) is 17.9 Å². The number of hydrogen-bond acceptors (Lipinski definition) is 7. The molecule has 0 fully saturated rings. The molecule has 0 atom stereocenters. The van der Waals surface area contributed by atoms with Gasteiger partial charge in [-0.05, 0) is 43.0 Å². The predicted molar refractivity (Wildman–Crippen MR) is 164 cm³/mol. The molecule has 0 saturated heterocycles. The third-order valence-corrected chi connectivity index (χ3v) is 8.26. The Morgan fingerprint density at radius 3 is 2.35 bits per heavy atom. The van der Waals surface area contributed by atoms with E-state index in [9.17, 15) is 18.0 Å². The van der Waals surface area contributed by atoms with Crippen LogP contribution in [0.2, 0.25) is 0 Å². The zero-order valence-electron chi connectivity index (χ0n) is 25.8. The predicted octanol–water partition coefficient (Wildman–Crippen LogP) is 7.14. The number of carbonyl (C=O) groups is 1. The molecule has 9 nitrogen and oxygen atoms in total. The normalized spacial score (nSPS) is 13.3. The third-order valence-electron chi connectivity index (χ3n) is 8.26. The number of benzene rings is 2. The van der Waals surface area contributed by atoms with Crippen molar-refractivity contribution in [3.8, 4) is 22.7 Å². The second-order valence-corrected chi connectivity index (χ2v) is 10.8. The van der Waals surface area contributed by atoms with Gasteiger partial charge in [0, 0.05) is 54.6 Å². The number of rotatable bonds is 7. The number of alkyl halides is 3. The third kappa shape index (κ3) is 5.23. The van der Waals surface area contributed by atoms with Crippen molar-refractivity contribution in [1.82, 2.24) is 24.3 Å². The van der Waals surface area contributed by atoms with Crippen LogP contribution in [0, 0.1) is 5.82 Å². The van der Waals surface area contributed by atoms with Gasteiger partial charge < -0.3 is 14.4 Å². The lowest BCUT2D eigenvalue weighted by molar-refractivity contribution is -0.138. The summed E-state index contributed by atoms with van der Waals surface area (Å²) < 4.78 is 69.4. The first kappa shape index (κ1) is 31.1. The van der Waals surface area contributed by atoms with Crippen LogP contribution in [-0.4, -0.2) is 50.7 Å². The van der Waals surface area contributed by atoms with Crippen LogP contribution < -0.4 is 9.64 Å². The Labute approximate surface area is 262 Å². The molecule has 4 heterocycles. The molecule has 1 aliphatic heterocycles. The van der Waals surface area contributed by atoms with Crippen LogP contribution in [0.5, 0.6) is 5.75 Å². The Balaban J connectivity index is 1.61. The van der Waals surface area contributed by atoms with Crippen molar-refractivity contribution < 1.29 is 31.8 Å². The molecule has 5 aromatic rings. The van der Waals surface area contributed by atoms with Crippen LogP contribution in [0.4, 0.5) is 28.3 Å². The van der Waals surface area contributed by atoms with E-state index in [4.69, 9.17) is 14.6 Å². The molecular weight excluding hydrogens is 604 g/mol. The fraction of sp³-hybridized carbons (Fsp3) is 0.333. The highest BCUT2D eigenvalue weighted by Gasteiger charge is 2.34. The fourth-order valence-electron chi connectivity index (χ4n) is 6.10. The quantitative estimate of drug-likeness (QED) is 0.176. The van der Waals surface area contributed by atoms with Crippen molar-refractivity contribution >= 4 is 22.9 Å². The van der Waals surface area contributed by atoms with E-state index >= 15 is 4.39 Å². The number of methoxy groups -OCH3 is 1. The molecule has 0 unspecified atom stereocenters. The summed E-state index contributed by atoms with van der Waals surface area (Å²) in [6, 6.07) is 9.14. The molecular formula is C33H32F4N6O3. The number of hydrogen-bond donors (Lipinski definition) is 0. The first-order chi connectivity index (χ1) is 22.1. The summed E-state index contributed by atoms with van der Waals surface area (Å²) in [5.41, 5.74) is 4.80. The van der Waals surface area contributed by atoms with Gasteiger partial charge in [-0.15, -0.1) is 0 Å². The number of ether oxygens (including phenoxy) is 2. The average Bonchev–Trinajstić information content (AvgIpc) is 3.66. The zero-order chi connectivity index (χ0) is 32.7. The fourth-order valence-corrected chi connectivity index (χ4v) is 6.10. The van der Waals surface area contributed by atoms with Gasteiger partial charge in [0.2, 0.25) is 5.95 Å². The van der Waals surface area contributed by atoms with Crippen LogP contribution >= 0.6 is 0 Å². The van der Waals surface area contributed by atoms with Crippen molar-refractivity contribution in [3.05, 3.63) is 82.7 Å². The lowest BCUT2D eigenvalue weighted by Crippen LogP contribution is -2.31. The topological polar surface area (TPSA) is 87.3 Å². The monoisotopic (exact) mass is 636 g/mol. The minimum absolute atomic E-state index is 0.111. The molecule has 3 aromatic heterocycles. The number of carbonyl (C=O) groups excluding carboxylic acids is 1. The molecule has 0 bridgehead atoms. The summed E-state index contributed by atoms with van der Waals surface area (Å²) in [5, 5.41) is 5.62. The molecule has 240 valence electrons. The molecule has 0 aliphatic carbocycles. The Morgan fingerprint density at radius 2 is 1.74 bits per heavy atom. The van der Waals surface area contributed by atoms with Gasteiger partial charge in [0.15, 0.2) is 11.6 Å². The largest absolute Gasteiger partial charge is 0.492 e. The van der Waals surface area contributed by atoms with Gasteiger partial charge in [0.05, 0.1) is 36.4 Å². The number of aryl methyl sites for hydroxylation is 2. The maximum absolute atomic E-state index is 16.0. The van der Waals surface area contributed by atoms with Gasteiger partial charge >= 0.3 is 12.3 Å². The van der Waals surface area contributed by atoms with Gasteiger partial charge in [0.25, 0.3) is 0 Å². The van der Waals surface area contributed by atoms with Crippen molar-refractivity contribution in [2.45, 2.75) is 52.8 Å². The van der Waals surface area contributed by atoms with Gasteiger partial charge in [-0.25, -0.2) is 28.4 Å². The van der Waals surface area contributed by atoms with E-state index in [2.05, 4.69) is 23.8 Å². The molecule has 1 aliphatic rings. The SMILES string of the molecule is CCOC(=O)n1ccc2c(-c3c4c(nn3-c3c(CC)cccc3CC)CCN(c3ncc(C(F)(F)F)cn3)C4)cc(F)c(OC)c21. The number of nitrogens with zero attached hydrogens (tertiary/aromatic N) is 6. The van der Waals surface area contributed by atoms with E-state index in [0.29, 0.717) is 42.5 Å². The molecule has 2 aromatic carbocycles. The lowest BCUT2D eigenvalue weighted by Gasteiger charge is -2.27. The van der Waals surface area contributed by atoms with Crippen molar-refractivity contribution in [3.63, 3.8) is 0 Å². The maximum Gasteiger partial charge on any atom is 0.419 e. The molecule has 0 radical (unpaired) electrons. The molecule has 13 heteroatoms. The summed E-state index contributed by atoms with van der Waals surface area (Å²) in [4.78, 5) is 22.8. The number of anilines is 1. The van der Waals surface area contributed by atoms with E-state index < -0.39 is 23.7 Å². The van der Waals surface area contributed by atoms with Crippen LogP contribution in [-0.2, 0) is 36.7 Å². The van der Waals surface area contributed by atoms with Crippen molar-refractivity contribution in [1.29, 1.82) is 0 Å². The van der Waals surface area contributed by atoms with Crippen LogP contribution in [0.1, 0.15) is 48.7 Å². The summed E-state index contributed by atoms with van der Waals surface area (Å²) in [5.74, 6) is -0.659. The van der Waals surface area contributed by atoms with Crippen LogP contribution in [0.15, 0.2) is 48.9 Å². The number of halogens is 4. The van der Waals surface area contributed by atoms with E-state index in [0.717, 1.165) is 40.5 Å². The van der Waals surface area contributed by atoms with Gasteiger partial charge in [-0.2, -0.15) is 18.3 Å². The van der Waals surface area contributed by atoms with Crippen molar-refractivity contribution in [2.75, 3.05) is 25.2 Å². The van der Waals surface area contributed by atoms with Crippen LogP contribution in [0.3, 0.4) is 0 Å². The average molecular weight is 637 g/mol. The molecule has 6 rings (SSSR count). The number of para-hydroxylation sites is 1. The Bertz CT molecular complexity index is 1910. The number of aromatic nitrogens is 5. The molecule has 0 spiro atoms. The maximum atomic E-state index is 16.0. The van der Waals surface area contributed by atoms with Gasteiger partial charge in [-0.3, -0.25) is 0 Å². The van der Waals surface area contributed by atoms with Crippen LogP contribution in [0.25, 0.3) is 27.8 Å². The van der Waals surface area contributed by atoms with E-state index in [1.807, 2.05) is 22.9 Å². The Morgan fingerprint density at radius 1 is 1.04 bits per heavy atom. The second kappa shape index (κ2) is 12.1. The molecule has 0 saturated carbocycles. The van der Waals surface area contributed by atoms with Gasteiger partial charge in [0.1, 0.15) is 5.52 Å². The summed E-state index contributed by atoms with van der Waals surface area (Å²) >= 11 is 0. The van der Waals surface area contributed by atoms with E-state index in [1.165, 1.54) is 23.9 Å². The van der Waals surface area contributed by atoms with Gasteiger partial charge in [-0.1, -0.05) is 32.0 Å². The first-order valence-corrected chi connectivity index (χ1v) is 15.0. The summed E-state index contributed by atoms with van der Waals surface area (Å²) in [7, 11) is 1.33.